The average molecular weight is 714 g/mol. The van der Waals surface area contributed by atoms with Crippen molar-refractivity contribution in [1.82, 2.24) is 10.2 Å². The first-order chi connectivity index (χ1) is 20.7. The summed E-state index contributed by atoms with van der Waals surface area (Å²) in [6, 6.07) is 28.8. The number of carbonyl (C=O) groups excluding carboxylic acids is 2. The third-order valence-electron chi connectivity index (χ3n) is 6.81. The lowest BCUT2D eigenvalue weighted by Gasteiger charge is -2.34. The van der Waals surface area contributed by atoms with Crippen molar-refractivity contribution in [3.8, 4) is 0 Å². The molecule has 0 saturated carbocycles. The summed E-state index contributed by atoms with van der Waals surface area (Å²) in [5.41, 5.74) is 1.75. The predicted octanol–water partition coefficient (Wildman–Crippen LogP) is 5.79. The Hall–Kier alpha value is -3.77. The molecule has 1 N–H and O–H groups in total. The van der Waals surface area contributed by atoms with Gasteiger partial charge in [-0.15, -0.1) is 0 Å². The molecule has 0 radical (unpaired) electrons. The van der Waals surface area contributed by atoms with Gasteiger partial charge in [0.15, 0.2) is 0 Å². The average Bonchev–Trinajstić information content (AvgIpc) is 3.02. The van der Waals surface area contributed by atoms with E-state index in [4.69, 9.17) is 0 Å². The fraction of sp³-hybridized carbons (Fsp3) is 0.212. The minimum atomic E-state index is -4.16. The van der Waals surface area contributed by atoms with Gasteiger partial charge >= 0.3 is 0 Å². The summed E-state index contributed by atoms with van der Waals surface area (Å²) in [6.07, 6.45) is 0.907. The highest BCUT2D eigenvalue weighted by Crippen LogP contribution is 2.26. The number of hydrogen-bond acceptors (Lipinski definition) is 4. The molecule has 4 aromatic carbocycles. The quantitative estimate of drug-likeness (QED) is 0.178. The zero-order valence-electron chi connectivity index (χ0n) is 23.7. The number of nitrogens with one attached hydrogen (secondary N) is 1. The van der Waals surface area contributed by atoms with Crippen molar-refractivity contribution >= 4 is 50.1 Å². The first kappa shape index (κ1) is 32.2. The van der Waals surface area contributed by atoms with Crippen molar-refractivity contribution in [3.05, 3.63) is 130 Å². The second-order valence-corrected chi connectivity index (χ2v) is 13.1. The maximum atomic E-state index is 14.3. The Balaban J connectivity index is 1.78. The molecule has 0 aromatic heterocycles. The Morgan fingerprint density at radius 2 is 1.44 bits per heavy atom. The SMILES string of the molecule is CCCNC(=O)[C@@H](Cc1ccccc1)N(Cc1ccc(F)cc1)C(=O)CN(c1ccc(I)cc1)S(=O)(=O)c1ccccc1. The Morgan fingerprint density at radius 1 is 0.837 bits per heavy atom. The number of carbonyl (C=O) groups is 2. The number of benzene rings is 4. The molecular weight excluding hydrogens is 680 g/mol. The van der Waals surface area contributed by atoms with E-state index in [1.807, 2.05) is 37.3 Å². The van der Waals surface area contributed by atoms with Crippen molar-refractivity contribution in [2.24, 2.45) is 0 Å². The molecule has 0 aliphatic rings. The van der Waals surface area contributed by atoms with Gasteiger partial charge in [-0.25, -0.2) is 12.8 Å². The summed E-state index contributed by atoms with van der Waals surface area (Å²) < 4.78 is 43.6. The van der Waals surface area contributed by atoms with Crippen LogP contribution in [0.2, 0.25) is 0 Å². The number of sulfonamides is 1. The van der Waals surface area contributed by atoms with Gasteiger partial charge in [-0.2, -0.15) is 0 Å². The summed E-state index contributed by atoms with van der Waals surface area (Å²) in [7, 11) is -4.16. The Kier molecular flexibility index (Phi) is 11.3. The van der Waals surface area contributed by atoms with Gasteiger partial charge in [-0.1, -0.05) is 67.6 Å². The third kappa shape index (κ3) is 8.64. The molecule has 4 rings (SSSR count). The minimum Gasteiger partial charge on any atom is -0.354 e. The molecule has 10 heteroatoms. The first-order valence-electron chi connectivity index (χ1n) is 13.9. The van der Waals surface area contributed by atoms with Crippen LogP contribution in [0.15, 0.2) is 114 Å². The number of rotatable bonds is 13. The molecule has 0 bridgehead atoms. The molecule has 7 nitrogen and oxygen atoms in total. The van der Waals surface area contributed by atoms with Crippen LogP contribution in [0.5, 0.6) is 0 Å². The molecule has 0 spiro atoms. The van der Waals surface area contributed by atoms with Crippen molar-refractivity contribution < 1.29 is 22.4 Å². The van der Waals surface area contributed by atoms with E-state index in [9.17, 15) is 22.4 Å². The lowest BCUT2D eigenvalue weighted by atomic mass is 10.0. The molecule has 1 atom stereocenters. The monoisotopic (exact) mass is 713 g/mol. The highest BCUT2D eigenvalue weighted by atomic mass is 127. The number of nitrogens with zero attached hydrogens (tertiary/aromatic N) is 2. The van der Waals surface area contributed by atoms with Gasteiger partial charge < -0.3 is 10.2 Å². The first-order valence-corrected chi connectivity index (χ1v) is 16.4. The fourth-order valence-electron chi connectivity index (χ4n) is 4.56. The molecule has 0 aliphatic heterocycles. The molecular formula is C33H33FIN3O4S. The largest absolute Gasteiger partial charge is 0.354 e. The Morgan fingerprint density at radius 3 is 2.05 bits per heavy atom. The summed E-state index contributed by atoms with van der Waals surface area (Å²) in [5.74, 6) is -1.36. The summed E-state index contributed by atoms with van der Waals surface area (Å²) >= 11 is 2.13. The number of halogens is 2. The van der Waals surface area contributed by atoms with Crippen LogP contribution in [-0.2, 0) is 32.6 Å². The van der Waals surface area contributed by atoms with Gasteiger partial charge in [0.2, 0.25) is 11.8 Å². The van der Waals surface area contributed by atoms with Gasteiger partial charge in [0.05, 0.1) is 10.6 Å². The molecule has 2 amide bonds. The van der Waals surface area contributed by atoms with E-state index in [0.29, 0.717) is 24.2 Å². The second-order valence-electron chi connectivity index (χ2n) is 9.95. The van der Waals surface area contributed by atoms with Crippen LogP contribution in [0.3, 0.4) is 0 Å². The van der Waals surface area contributed by atoms with E-state index in [-0.39, 0.29) is 23.8 Å². The molecule has 224 valence electrons. The topological polar surface area (TPSA) is 86.8 Å². The van der Waals surface area contributed by atoms with Crippen LogP contribution in [0, 0.1) is 9.39 Å². The van der Waals surface area contributed by atoms with Crippen LogP contribution in [0.4, 0.5) is 10.1 Å². The highest BCUT2D eigenvalue weighted by Gasteiger charge is 2.34. The molecule has 0 fully saturated rings. The molecule has 0 heterocycles. The van der Waals surface area contributed by atoms with E-state index >= 15 is 0 Å². The molecule has 0 unspecified atom stereocenters. The van der Waals surface area contributed by atoms with Gasteiger partial charge in [-0.05, 0) is 88.7 Å². The number of anilines is 1. The molecule has 0 aliphatic carbocycles. The maximum absolute atomic E-state index is 14.3. The van der Waals surface area contributed by atoms with E-state index in [1.54, 1.807) is 54.6 Å². The van der Waals surface area contributed by atoms with Gasteiger partial charge in [-0.3, -0.25) is 13.9 Å². The maximum Gasteiger partial charge on any atom is 0.264 e. The second kappa shape index (κ2) is 15.1. The van der Waals surface area contributed by atoms with Crippen molar-refractivity contribution in [3.63, 3.8) is 0 Å². The number of hydrogen-bond donors (Lipinski definition) is 1. The van der Waals surface area contributed by atoms with Crippen LogP contribution in [0.25, 0.3) is 0 Å². The zero-order chi connectivity index (χ0) is 30.8. The van der Waals surface area contributed by atoms with Crippen LogP contribution in [-0.4, -0.2) is 44.3 Å². The highest BCUT2D eigenvalue weighted by molar-refractivity contribution is 14.1. The molecule has 43 heavy (non-hydrogen) atoms. The van der Waals surface area contributed by atoms with E-state index < -0.39 is 34.3 Å². The van der Waals surface area contributed by atoms with Crippen LogP contribution >= 0.6 is 22.6 Å². The lowest BCUT2D eigenvalue weighted by Crippen LogP contribution is -2.53. The molecule has 4 aromatic rings. The van der Waals surface area contributed by atoms with Crippen molar-refractivity contribution in [2.45, 2.75) is 37.2 Å². The van der Waals surface area contributed by atoms with Crippen LogP contribution < -0.4 is 9.62 Å². The third-order valence-corrected chi connectivity index (χ3v) is 9.32. The fourth-order valence-corrected chi connectivity index (χ4v) is 6.36. The normalized spacial score (nSPS) is 11.9. The summed E-state index contributed by atoms with van der Waals surface area (Å²) in [6.45, 7) is 1.77. The van der Waals surface area contributed by atoms with E-state index in [2.05, 4.69) is 27.9 Å². The lowest BCUT2D eigenvalue weighted by molar-refractivity contribution is -0.140. The Bertz CT molecular complexity index is 1600. The standard InChI is InChI=1S/C33H33FIN3O4S/c1-2-21-36-33(40)31(22-25-9-5-3-6-10-25)37(23-26-13-15-27(34)16-14-26)32(39)24-38(29-19-17-28(35)18-20-29)43(41,42)30-11-7-4-8-12-30/h3-20,31H,2,21-24H2,1H3,(H,36,40)/t31-/m1/s1. The Labute approximate surface area is 265 Å². The van der Waals surface area contributed by atoms with Gasteiger partial charge in [0.1, 0.15) is 18.4 Å². The van der Waals surface area contributed by atoms with Crippen molar-refractivity contribution in [1.29, 1.82) is 0 Å². The van der Waals surface area contributed by atoms with E-state index in [1.165, 1.54) is 29.2 Å². The molecule has 0 saturated heterocycles. The number of amides is 2. The summed E-state index contributed by atoms with van der Waals surface area (Å²) in [4.78, 5) is 29.4. The predicted molar refractivity (Wildman–Crippen MR) is 174 cm³/mol. The zero-order valence-corrected chi connectivity index (χ0v) is 26.7. The van der Waals surface area contributed by atoms with Crippen molar-refractivity contribution in [2.75, 3.05) is 17.4 Å². The van der Waals surface area contributed by atoms with Gasteiger partial charge in [0, 0.05) is 23.1 Å². The van der Waals surface area contributed by atoms with Crippen LogP contribution in [0.1, 0.15) is 24.5 Å². The smallest absolute Gasteiger partial charge is 0.264 e. The van der Waals surface area contributed by atoms with E-state index in [0.717, 1.165) is 13.4 Å². The van der Waals surface area contributed by atoms with Gasteiger partial charge in [0.25, 0.3) is 10.0 Å². The minimum absolute atomic E-state index is 0.0257. The summed E-state index contributed by atoms with van der Waals surface area (Å²) in [5, 5.41) is 2.90.